The van der Waals surface area contributed by atoms with E-state index in [0.717, 1.165) is 23.7 Å². The first-order valence-electron chi connectivity index (χ1n) is 6.75. The molecule has 3 heteroatoms. The Morgan fingerprint density at radius 1 is 1.39 bits per heavy atom. The van der Waals surface area contributed by atoms with Crippen LogP contribution in [0.15, 0.2) is 24.3 Å². The van der Waals surface area contributed by atoms with Crippen LogP contribution in [0.2, 0.25) is 0 Å². The van der Waals surface area contributed by atoms with Gasteiger partial charge in [0, 0.05) is 25.2 Å². The largest absolute Gasteiger partial charge is 0.326 e. The van der Waals surface area contributed by atoms with E-state index in [2.05, 4.69) is 23.6 Å². The minimum atomic E-state index is -0.0190. The van der Waals surface area contributed by atoms with Crippen LogP contribution in [0, 0.1) is 5.92 Å². The molecule has 2 N–H and O–H groups in total. The van der Waals surface area contributed by atoms with Gasteiger partial charge in [-0.15, -0.1) is 0 Å². The molecule has 1 aromatic rings. The summed E-state index contributed by atoms with van der Waals surface area (Å²) in [5, 5.41) is 6.44. The number of hydrogen-bond acceptors (Lipinski definition) is 2. The van der Waals surface area contributed by atoms with E-state index in [1.54, 1.807) is 6.92 Å². The van der Waals surface area contributed by atoms with Crippen molar-refractivity contribution in [2.24, 2.45) is 5.92 Å². The first-order valence-corrected chi connectivity index (χ1v) is 6.75. The number of para-hydroxylation sites is 1. The fourth-order valence-electron chi connectivity index (χ4n) is 2.36. The predicted molar refractivity (Wildman–Crippen MR) is 74.4 cm³/mol. The molecule has 3 nitrogen and oxygen atoms in total. The lowest BCUT2D eigenvalue weighted by molar-refractivity contribution is -0.114. The highest BCUT2D eigenvalue weighted by atomic mass is 16.1. The molecule has 1 fully saturated rings. The third-order valence-electron chi connectivity index (χ3n) is 3.80. The van der Waals surface area contributed by atoms with E-state index < -0.39 is 0 Å². The van der Waals surface area contributed by atoms with Gasteiger partial charge < -0.3 is 10.6 Å². The Kier molecular flexibility index (Phi) is 4.37. The van der Waals surface area contributed by atoms with E-state index in [4.69, 9.17) is 0 Å². The Balaban J connectivity index is 1.93. The Hall–Kier alpha value is -1.35. The second kappa shape index (κ2) is 6.01. The van der Waals surface area contributed by atoms with E-state index in [1.165, 1.54) is 19.3 Å². The number of hydrogen-bond donors (Lipinski definition) is 2. The highest BCUT2D eigenvalue weighted by Gasteiger charge is 2.23. The molecule has 98 valence electrons. The molecule has 0 spiro atoms. The van der Waals surface area contributed by atoms with Crippen molar-refractivity contribution >= 4 is 11.6 Å². The molecule has 18 heavy (non-hydrogen) atoms. The van der Waals surface area contributed by atoms with Gasteiger partial charge in [-0.3, -0.25) is 4.79 Å². The number of rotatable bonds is 5. The summed E-state index contributed by atoms with van der Waals surface area (Å²) in [6, 6.07) is 8.53. The van der Waals surface area contributed by atoms with Gasteiger partial charge in [0.25, 0.3) is 0 Å². The quantitative estimate of drug-likeness (QED) is 0.838. The zero-order valence-electron chi connectivity index (χ0n) is 11.2. The highest BCUT2D eigenvalue weighted by molar-refractivity contribution is 5.89. The maximum Gasteiger partial charge on any atom is 0.221 e. The summed E-state index contributed by atoms with van der Waals surface area (Å²) in [4.78, 5) is 11.1. The molecule has 1 unspecified atom stereocenters. The van der Waals surface area contributed by atoms with Crippen LogP contribution in [0.25, 0.3) is 0 Å². The van der Waals surface area contributed by atoms with Crippen LogP contribution in [0.4, 0.5) is 5.69 Å². The Labute approximate surface area is 109 Å². The average Bonchev–Trinajstić information content (AvgIpc) is 2.25. The van der Waals surface area contributed by atoms with E-state index in [-0.39, 0.29) is 5.91 Å². The normalized spacial score (nSPS) is 17.0. The van der Waals surface area contributed by atoms with Gasteiger partial charge in [-0.2, -0.15) is 0 Å². The van der Waals surface area contributed by atoms with Crippen LogP contribution in [0.3, 0.4) is 0 Å². The summed E-state index contributed by atoms with van der Waals surface area (Å²) >= 11 is 0. The summed E-state index contributed by atoms with van der Waals surface area (Å²) in [7, 11) is 0. The number of anilines is 1. The van der Waals surface area contributed by atoms with Gasteiger partial charge in [0.05, 0.1) is 0 Å². The zero-order valence-corrected chi connectivity index (χ0v) is 11.2. The first kappa shape index (κ1) is 13.1. The molecule has 1 amide bonds. The predicted octanol–water partition coefficient (Wildman–Crippen LogP) is 2.92. The maximum atomic E-state index is 11.1. The van der Waals surface area contributed by atoms with Crippen molar-refractivity contribution in [1.29, 1.82) is 0 Å². The maximum absolute atomic E-state index is 11.1. The Morgan fingerprint density at radius 3 is 2.72 bits per heavy atom. The van der Waals surface area contributed by atoms with Crippen molar-refractivity contribution in [2.45, 2.75) is 45.7 Å². The molecule has 1 atom stereocenters. The molecule has 1 aromatic carbocycles. The summed E-state index contributed by atoms with van der Waals surface area (Å²) in [5.74, 6) is 0.812. The van der Waals surface area contributed by atoms with Gasteiger partial charge >= 0.3 is 0 Å². The van der Waals surface area contributed by atoms with Crippen LogP contribution in [-0.2, 0) is 11.3 Å². The van der Waals surface area contributed by atoms with Crippen LogP contribution < -0.4 is 10.6 Å². The minimum Gasteiger partial charge on any atom is -0.326 e. The summed E-state index contributed by atoms with van der Waals surface area (Å²) in [5.41, 5.74) is 2.07. The average molecular weight is 246 g/mol. The van der Waals surface area contributed by atoms with Gasteiger partial charge in [0.2, 0.25) is 5.91 Å². The number of benzene rings is 1. The fourth-order valence-corrected chi connectivity index (χ4v) is 2.36. The van der Waals surface area contributed by atoms with Crippen molar-refractivity contribution in [3.63, 3.8) is 0 Å². The van der Waals surface area contributed by atoms with E-state index in [9.17, 15) is 4.79 Å². The fraction of sp³-hybridized carbons (Fsp3) is 0.533. The summed E-state index contributed by atoms with van der Waals surface area (Å²) < 4.78 is 0. The van der Waals surface area contributed by atoms with Crippen LogP contribution in [-0.4, -0.2) is 11.9 Å². The lowest BCUT2D eigenvalue weighted by Gasteiger charge is -2.32. The molecule has 0 aromatic heterocycles. The molecule has 0 saturated heterocycles. The molecular formula is C15H22N2O. The standard InChI is InChI=1S/C15H22N2O/c1-11(13-7-5-8-13)16-10-14-6-3-4-9-15(14)17-12(2)18/h3-4,6,9,11,13,16H,5,7-8,10H2,1-2H3,(H,17,18). The van der Waals surface area contributed by atoms with Gasteiger partial charge in [0.1, 0.15) is 0 Å². The lowest BCUT2D eigenvalue weighted by atomic mass is 9.80. The van der Waals surface area contributed by atoms with Crippen LogP contribution in [0.1, 0.15) is 38.7 Å². The van der Waals surface area contributed by atoms with Crippen molar-refractivity contribution in [1.82, 2.24) is 5.32 Å². The smallest absolute Gasteiger partial charge is 0.221 e. The second-order valence-corrected chi connectivity index (χ2v) is 5.20. The van der Waals surface area contributed by atoms with Crippen LogP contribution >= 0.6 is 0 Å². The second-order valence-electron chi connectivity index (χ2n) is 5.20. The molecule has 0 heterocycles. The molecule has 0 radical (unpaired) electrons. The number of amides is 1. The Bertz CT molecular complexity index is 413. The van der Waals surface area contributed by atoms with Crippen molar-refractivity contribution in [2.75, 3.05) is 5.32 Å². The van der Waals surface area contributed by atoms with E-state index in [0.29, 0.717) is 6.04 Å². The first-order chi connectivity index (χ1) is 8.66. The van der Waals surface area contributed by atoms with Gasteiger partial charge in [-0.25, -0.2) is 0 Å². The third-order valence-corrected chi connectivity index (χ3v) is 3.80. The topological polar surface area (TPSA) is 41.1 Å². The van der Waals surface area contributed by atoms with E-state index in [1.807, 2.05) is 18.2 Å². The van der Waals surface area contributed by atoms with Crippen molar-refractivity contribution < 1.29 is 4.79 Å². The highest BCUT2D eigenvalue weighted by Crippen LogP contribution is 2.29. The number of carbonyl (C=O) groups is 1. The lowest BCUT2D eigenvalue weighted by Crippen LogP contribution is -2.36. The monoisotopic (exact) mass is 246 g/mol. The SMILES string of the molecule is CC(=O)Nc1ccccc1CNC(C)C1CCC1. The van der Waals surface area contributed by atoms with E-state index >= 15 is 0 Å². The van der Waals surface area contributed by atoms with Gasteiger partial charge in [-0.1, -0.05) is 24.6 Å². The summed E-state index contributed by atoms with van der Waals surface area (Å²) in [6.45, 7) is 4.61. The molecule has 1 saturated carbocycles. The molecule has 0 bridgehead atoms. The van der Waals surface area contributed by atoms with Crippen molar-refractivity contribution in [3.05, 3.63) is 29.8 Å². The molecule has 2 rings (SSSR count). The van der Waals surface area contributed by atoms with Gasteiger partial charge in [-0.05, 0) is 37.3 Å². The Morgan fingerprint density at radius 2 is 2.11 bits per heavy atom. The molecule has 0 aliphatic heterocycles. The molecular weight excluding hydrogens is 224 g/mol. The van der Waals surface area contributed by atoms with Crippen molar-refractivity contribution in [3.8, 4) is 0 Å². The third kappa shape index (κ3) is 3.33. The minimum absolute atomic E-state index is 0.0190. The van der Waals surface area contributed by atoms with Crippen LogP contribution in [0.5, 0.6) is 0 Å². The molecule has 1 aliphatic rings. The number of nitrogens with one attached hydrogen (secondary N) is 2. The summed E-state index contributed by atoms with van der Waals surface area (Å²) in [6.07, 6.45) is 4.07. The zero-order chi connectivity index (χ0) is 13.0. The van der Waals surface area contributed by atoms with Gasteiger partial charge in [0.15, 0.2) is 0 Å². The number of carbonyl (C=O) groups excluding carboxylic acids is 1. The molecule has 1 aliphatic carbocycles.